The van der Waals surface area contributed by atoms with Crippen LogP contribution in [0.5, 0.6) is 0 Å². The van der Waals surface area contributed by atoms with Crippen molar-refractivity contribution in [3.63, 3.8) is 0 Å². The first-order valence-electron chi connectivity index (χ1n) is 9.88. The van der Waals surface area contributed by atoms with Crippen molar-refractivity contribution in [2.45, 2.75) is 24.8 Å². The topological polar surface area (TPSA) is 45.2 Å². The SMILES string of the molecule is O=C(NC[C@@H]1CCCN1c1ccccn1)C(c1ccccc1)c1ccccc1. The Labute approximate surface area is 166 Å². The van der Waals surface area contributed by atoms with Crippen LogP contribution in [0.1, 0.15) is 29.9 Å². The van der Waals surface area contributed by atoms with Gasteiger partial charge in [-0.25, -0.2) is 4.98 Å². The van der Waals surface area contributed by atoms with Crippen LogP contribution in [0.4, 0.5) is 5.82 Å². The molecule has 1 aliphatic heterocycles. The number of pyridine rings is 1. The minimum atomic E-state index is -0.299. The van der Waals surface area contributed by atoms with Gasteiger partial charge >= 0.3 is 0 Å². The van der Waals surface area contributed by atoms with Gasteiger partial charge in [0.05, 0.1) is 5.92 Å². The third-order valence-corrected chi connectivity index (χ3v) is 5.36. The lowest BCUT2D eigenvalue weighted by atomic mass is 9.90. The zero-order chi connectivity index (χ0) is 19.2. The van der Waals surface area contributed by atoms with Crippen molar-refractivity contribution in [2.24, 2.45) is 0 Å². The molecule has 2 heterocycles. The molecule has 1 aliphatic rings. The summed E-state index contributed by atoms with van der Waals surface area (Å²) in [6.45, 7) is 1.62. The molecule has 3 aromatic rings. The molecule has 142 valence electrons. The summed E-state index contributed by atoms with van der Waals surface area (Å²) < 4.78 is 0. The van der Waals surface area contributed by atoms with Crippen molar-refractivity contribution in [1.29, 1.82) is 0 Å². The molecular weight excluding hydrogens is 346 g/mol. The summed E-state index contributed by atoms with van der Waals surface area (Å²) in [5.74, 6) is 0.735. The summed E-state index contributed by atoms with van der Waals surface area (Å²) in [7, 11) is 0. The molecule has 1 N–H and O–H groups in total. The lowest BCUT2D eigenvalue weighted by Crippen LogP contribution is -2.42. The van der Waals surface area contributed by atoms with Crippen molar-refractivity contribution in [1.82, 2.24) is 10.3 Å². The van der Waals surface area contributed by atoms with Crippen LogP contribution in [-0.4, -0.2) is 30.0 Å². The molecule has 1 aromatic heterocycles. The van der Waals surface area contributed by atoms with Gasteiger partial charge in [0.15, 0.2) is 0 Å². The van der Waals surface area contributed by atoms with Crippen LogP contribution in [0, 0.1) is 0 Å². The van der Waals surface area contributed by atoms with E-state index in [0.717, 1.165) is 36.3 Å². The molecule has 1 fully saturated rings. The van der Waals surface area contributed by atoms with Gasteiger partial charge < -0.3 is 10.2 Å². The second kappa shape index (κ2) is 8.70. The Kier molecular flexibility index (Phi) is 5.66. The largest absolute Gasteiger partial charge is 0.353 e. The van der Waals surface area contributed by atoms with Crippen molar-refractivity contribution < 1.29 is 4.79 Å². The maximum absolute atomic E-state index is 13.2. The average Bonchev–Trinajstić information content (AvgIpc) is 3.23. The number of amides is 1. The molecule has 28 heavy (non-hydrogen) atoms. The number of anilines is 1. The third-order valence-electron chi connectivity index (χ3n) is 5.36. The van der Waals surface area contributed by atoms with Crippen molar-refractivity contribution in [2.75, 3.05) is 18.0 Å². The van der Waals surface area contributed by atoms with Gasteiger partial charge in [-0.05, 0) is 36.1 Å². The molecule has 0 spiro atoms. The minimum Gasteiger partial charge on any atom is -0.353 e. The van der Waals surface area contributed by atoms with Crippen LogP contribution in [0.25, 0.3) is 0 Å². The van der Waals surface area contributed by atoms with Crippen LogP contribution in [-0.2, 0) is 4.79 Å². The van der Waals surface area contributed by atoms with Gasteiger partial charge in [0.25, 0.3) is 0 Å². The highest BCUT2D eigenvalue weighted by Crippen LogP contribution is 2.26. The Morgan fingerprint density at radius 3 is 2.21 bits per heavy atom. The molecule has 4 rings (SSSR count). The lowest BCUT2D eigenvalue weighted by Gasteiger charge is -2.27. The molecule has 4 nitrogen and oxygen atoms in total. The Bertz CT molecular complexity index is 844. The van der Waals surface area contributed by atoms with Crippen LogP contribution in [0.3, 0.4) is 0 Å². The van der Waals surface area contributed by atoms with Gasteiger partial charge in [-0.1, -0.05) is 66.7 Å². The second-order valence-electron chi connectivity index (χ2n) is 7.18. The van der Waals surface area contributed by atoms with E-state index in [2.05, 4.69) is 15.2 Å². The summed E-state index contributed by atoms with van der Waals surface area (Å²) in [5, 5.41) is 3.21. The fourth-order valence-electron chi connectivity index (χ4n) is 3.98. The minimum absolute atomic E-state index is 0.0465. The van der Waals surface area contributed by atoms with E-state index in [9.17, 15) is 4.79 Å². The Morgan fingerprint density at radius 1 is 0.964 bits per heavy atom. The van der Waals surface area contributed by atoms with Gasteiger partial charge in [-0.2, -0.15) is 0 Å². The highest BCUT2D eigenvalue weighted by Gasteiger charge is 2.28. The summed E-state index contributed by atoms with van der Waals surface area (Å²) in [6, 6.07) is 26.2. The highest BCUT2D eigenvalue weighted by atomic mass is 16.1. The van der Waals surface area contributed by atoms with Crippen LogP contribution < -0.4 is 10.2 Å². The number of nitrogens with zero attached hydrogens (tertiary/aromatic N) is 2. The molecule has 0 saturated carbocycles. The van der Waals surface area contributed by atoms with Gasteiger partial charge in [0, 0.05) is 25.3 Å². The normalized spacial score (nSPS) is 16.3. The molecule has 2 aromatic carbocycles. The van der Waals surface area contributed by atoms with Crippen molar-refractivity contribution in [3.05, 3.63) is 96.2 Å². The fraction of sp³-hybridized carbons (Fsp3) is 0.250. The number of hydrogen-bond donors (Lipinski definition) is 1. The predicted octanol–water partition coefficient (Wildman–Crippen LogP) is 4.00. The number of carbonyl (C=O) groups excluding carboxylic acids is 1. The number of aromatic nitrogens is 1. The number of hydrogen-bond acceptors (Lipinski definition) is 3. The molecule has 0 bridgehead atoms. The van der Waals surface area contributed by atoms with Crippen molar-refractivity contribution in [3.8, 4) is 0 Å². The molecule has 1 saturated heterocycles. The maximum Gasteiger partial charge on any atom is 0.232 e. The van der Waals surface area contributed by atoms with Crippen LogP contribution in [0.2, 0.25) is 0 Å². The van der Waals surface area contributed by atoms with Crippen molar-refractivity contribution >= 4 is 11.7 Å². The summed E-state index contributed by atoms with van der Waals surface area (Å²) in [5.41, 5.74) is 2.03. The van der Waals surface area contributed by atoms with E-state index in [1.807, 2.05) is 85.1 Å². The third kappa shape index (κ3) is 4.06. The van der Waals surface area contributed by atoms with E-state index >= 15 is 0 Å². The van der Waals surface area contributed by atoms with E-state index in [-0.39, 0.29) is 17.9 Å². The molecule has 0 radical (unpaired) electrons. The van der Waals surface area contributed by atoms with Gasteiger partial charge in [-0.15, -0.1) is 0 Å². The molecule has 1 atom stereocenters. The van der Waals surface area contributed by atoms with Gasteiger partial charge in [0.1, 0.15) is 5.82 Å². The monoisotopic (exact) mass is 371 g/mol. The summed E-state index contributed by atoms with van der Waals surface area (Å²) in [6.07, 6.45) is 4.01. The molecule has 0 aliphatic carbocycles. The average molecular weight is 371 g/mol. The number of rotatable bonds is 6. The molecular formula is C24H25N3O. The summed E-state index contributed by atoms with van der Waals surface area (Å²) in [4.78, 5) is 20.0. The Balaban J connectivity index is 1.49. The predicted molar refractivity (Wildman–Crippen MR) is 112 cm³/mol. The first-order valence-corrected chi connectivity index (χ1v) is 9.88. The first-order chi connectivity index (χ1) is 13.8. The smallest absolute Gasteiger partial charge is 0.232 e. The standard InChI is InChI=1S/C24H25N3O/c28-24(23(19-10-3-1-4-11-19)20-12-5-2-6-13-20)26-18-21-14-9-17-27(21)22-15-7-8-16-25-22/h1-8,10-13,15-16,21,23H,9,14,17-18H2,(H,26,28)/t21-/m0/s1. The van der Waals surface area contributed by atoms with E-state index in [4.69, 9.17) is 0 Å². The number of nitrogens with one attached hydrogen (secondary N) is 1. The number of benzene rings is 2. The Hall–Kier alpha value is -3.14. The van der Waals surface area contributed by atoms with Crippen LogP contribution >= 0.6 is 0 Å². The molecule has 0 unspecified atom stereocenters. The van der Waals surface area contributed by atoms with E-state index < -0.39 is 0 Å². The molecule has 4 heteroatoms. The zero-order valence-electron chi connectivity index (χ0n) is 15.9. The first kappa shape index (κ1) is 18.2. The van der Waals surface area contributed by atoms with Crippen LogP contribution in [0.15, 0.2) is 85.1 Å². The quantitative estimate of drug-likeness (QED) is 0.712. The highest BCUT2D eigenvalue weighted by molar-refractivity contribution is 5.87. The Morgan fingerprint density at radius 2 is 1.61 bits per heavy atom. The van der Waals surface area contributed by atoms with E-state index in [1.165, 1.54) is 0 Å². The van der Waals surface area contributed by atoms with Gasteiger partial charge in [-0.3, -0.25) is 4.79 Å². The van der Waals surface area contributed by atoms with Gasteiger partial charge in [0.2, 0.25) is 5.91 Å². The van der Waals surface area contributed by atoms with E-state index in [1.54, 1.807) is 0 Å². The number of carbonyl (C=O) groups is 1. The molecule has 1 amide bonds. The zero-order valence-corrected chi connectivity index (χ0v) is 15.9. The maximum atomic E-state index is 13.2. The summed E-state index contributed by atoms with van der Waals surface area (Å²) >= 11 is 0. The second-order valence-corrected chi connectivity index (χ2v) is 7.18. The van der Waals surface area contributed by atoms with E-state index in [0.29, 0.717) is 6.54 Å². The lowest BCUT2D eigenvalue weighted by molar-refractivity contribution is -0.121. The fourth-order valence-corrected chi connectivity index (χ4v) is 3.98.